The van der Waals surface area contributed by atoms with Crippen LogP contribution in [0.5, 0.6) is 0 Å². The molecular weight excluding hydrogens is 432 g/mol. The number of nitriles is 1. The number of rotatable bonds is 8. The van der Waals surface area contributed by atoms with Gasteiger partial charge in [-0.1, -0.05) is 79.9 Å². The van der Waals surface area contributed by atoms with Crippen LogP contribution >= 0.6 is 0 Å². The second-order valence-corrected chi connectivity index (χ2v) is 8.52. The molecule has 180 valence electrons. The maximum Gasteiger partial charge on any atom is 0.408 e. The van der Waals surface area contributed by atoms with E-state index < -0.39 is 18.2 Å². The first kappa shape index (κ1) is 26.6. The standard InChI is InChI=1S/C25H28N2O3.C2H4O2/c26-18-10-17-25(15-8-3-9-16-25)19-27-24(29)30-23(21-13-6-2-7-14-21)22(28)20-11-4-1-5-12-20;1-2(3)4/h1-2,4-7,11-14,23H,3,8-10,15-17,19H2,(H,27,29);1H3,(H,3,4). The Labute approximate surface area is 200 Å². The predicted octanol–water partition coefficient (Wildman–Crippen LogP) is 5.68. The number of carbonyl (C=O) groups excluding carboxylic acids is 2. The number of alkyl carbamates (subject to hydrolysis) is 1. The van der Waals surface area contributed by atoms with E-state index in [9.17, 15) is 9.59 Å². The van der Waals surface area contributed by atoms with E-state index in [1.165, 1.54) is 6.42 Å². The fourth-order valence-electron chi connectivity index (χ4n) is 4.20. The van der Waals surface area contributed by atoms with E-state index in [0.717, 1.165) is 39.0 Å². The normalized spacial score (nSPS) is 14.9. The number of hydrogen-bond acceptors (Lipinski definition) is 5. The van der Waals surface area contributed by atoms with Gasteiger partial charge in [0.05, 0.1) is 6.07 Å². The highest BCUT2D eigenvalue weighted by Crippen LogP contribution is 2.39. The van der Waals surface area contributed by atoms with Crippen molar-refractivity contribution in [3.8, 4) is 6.07 Å². The Morgan fingerprint density at radius 2 is 1.59 bits per heavy atom. The summed E-state index contributed by atoms with van der Waals surface area (Å²) in [6.45, 7) is 1.55. The van der Waals surface area contributed by atoms with Crippen LogP contribution in [0.25, 0.3) is 0 Å². The van der Waals surface area contributed by atoms with Gasteiger partial charge in [-0.2, -0.15) is 5.26 Å². The number of aliphatic carboxylic acids is 1. The van der Waals surface area contributed by atoms with E-state index in [1.54, 1.807) is 36.4 Å². The second kappa shape index (κ2) is 13.8. The van der Waals surface area contributed by atoms with Gasteiger partial charge in [0.1, 0.15) is 0 Å². The molecule has 2 aromatic carbocycles. The third-order valence-corrected chi connectivity index (χ3v) is 5.91. The number of nitrogens with zero attached hydrogens (tertiary/aromatic N) is 1. The molecule has 1 saturated carbocycles. The molecule has 0 spiro atoms. The van der Waals surface area contributed by atoms with Crippen LogP contribution in [-0.4, -0.2) is 29.5 Å². The number of carboxylic acid groups (broad SMARTS) is 1. The lowest BCUT2D eigenvalue weighted by molar-refractivity contribution is -0.134. The Balaban J connectivity index is 0.000000945. The van der Waals surface area contributed by atoms with Gasteiger partial charge in [-0.05, 0) is 24.7 Å². The van der Waals surface area contributed by atoms with E-state index in [4.69, 9.17) is 19.9 Å². The lowest BCUT2D eigenvalue weighted by atomic mass is 9.71. The van der Waals surface area contributed by atoms with Crippen LogP contribution in [-0.2, 0) is 9.53 Å². The van der Waals surface area contributed by atoms with Gasteiger partial charge < -0.3 is 15.2 Å². The molecular formula is C27H32N2O5. The highest BCUT2D eigenvalue weighted by molar-refractivity contribution is 6.00. The van der Waals surface area contributed by atoms with Gasteiger partial charge in [-0.25, -0.2) is 4.79 Å². The first-order valence-corrected chi connectivity index (χ1v) is 11.5. The summed E-state index contributed by atoms with van der Waals surface area (Å²) < 4.78 is 5.63. The van der Waals surface area contributed by atoms with Crippen LogP contribution in [0, 0.1) is 16.7 Å². The topological polar surface area (TPSA) is 116 Å². The lowest BCUT2D eigenvalue weighted by Gasteiger charge is -2.37. The summed E-state index contributed by atoms with van der Waals surface area (Å²) in [5.41, 5.74) is 1.08. The summed E-state index contributed by atoms with van der Waals surface area (Å²) in [6, 6.07) is 20.2. The minimum absolute atomic E-state index is 0.0569. The van der Waals surface area contributed by atoms with Gasteiger partial charge in [0.2, 0.25) is 5.78 Å². The summed E-state index contributed by atoms with van der Waals surface area (Å²) in [6.07, 6.45) is 5.07. The highest BCUT2D eigenvalue weighted by Gasteiger charge is 2.33. The largest absolute Gasteiger partial charge is 0.481 e. The molecule has 1 fully saturated rings. The number of ketones is 1. The van der Waals surface area contributed by atoms with Crippen molar-refractivity contribution in [2.24, 2.45) is 5.41 Å². The number of Topliss-reactive ketones (excluding diaryl/α,β-unsaturated/α-hetero) is 1. The van der Waals surface area contributed by atoms with Gasteiger partial charge in [0.25, 0.3) is 5.97 Å². The van der Waals surface area contributed by atoms with Gasteiger partial charge in [0.15, 0.2) is 6.10 Å². The Kier molecular flexibility index (Phi) is 10.8. The molecule has 3 rings (SSSR count). The minimum atomic E-state index is -1.00. The Morgan fingerprint density at radius 1 is 1.03 bits per heavy atom. The van der Waals surface area contributed by atoms with Gasteiger partial charge >= 0.3 is 6.09 Å². The minimum Gasteiger partial charge on any atom is -0.481 e. The average Bonchev–Trinajstić information content (AvgIpc) is 2.86. The predicted molar refractivity (Wildman–Crippen MR) is 128 cm³/mol. The fourth-order valence-corrected chi connectivity index (χ4v) is 4.20. The number of ether oxygens (including phenoxy) is 1. The van der Waals surface area contributed by atoms with E-state index in [1.807, 2.05) is 24.3 Å². The summed E-state index contributed by atoms with van der Waals surface area (Å²) >= 11 is 0. The van der Waals surface area contributed by atoms with Crippen LogP contribution in [0.3, 0.4) is 0 Å². The first-order chi connectivity index (χ1) is 16.4. The van der Waals surface area contributed by atoms with E-state index >= 15 is 0 Å². The molecule has 0 bridgehead atoms. The molecule has 7 heteroatoms. The van der Waals surface area contributed by atoms with E-state index in [0.29, 0.717) is 24.1 Å². The SMILES string of the molecule is CC(=O)O.N#CCCC1(CNC(=O)OC(C(=O)c2ccccc2)c2ccccc2)CCCCC1. The van der Waals surface area contributed by atoms with Crippen molar-refractivity contribution in [2.75, 3.05) is 6.54 Å². The molecule has 1 atom stereocenters. The van der Waals surface area contributed by atoms with Gasteiger partial charge in [-0.15, -0.1) is 0 Å². The molecule has 0 aliphatic heterocycles. The Morgan fingerprint density at radius 3 is 2.15 bits per heavy atom. The van der Waals surface area contributed by atoms with Gasteiger partial charge in [-0.3, -0.25) is 9.59 Å². The van der Waals surface area contributed by atoms with Crippen molar-refractivity contribution in [1.29, 1.82) is 5.26 Å². The summed E-state index contributed by atoms with van der Waals surface area (Å²) in [4.78, 5) is 34.7. The maximum atomic E-state index is 13.1. The molecule has 34 heavy (non-hydrogen) atoms. The number of carbonyl (C=O) groups is 3. The molecule has 0 heterocycles. The quantitative estimate of drug-likeness (QED) is 0.485. The summed E-state index contributed by atoms with van der Waals surface area (Å²) in [7, 11) is 0. The summed E-state index contributed by atoms with van der Waals surface area (Å²) in [5.74, 6) is -1.09. The third-order valence-electron chi connectivity index (χ3n) is 5.91. The molecule has 2 N–H and O–H groups in total. The third kappa shape index (κ3) is 8.70. The Bertz CT molecular complexity index is 960. The molecule has 1 amide bonds. The van der Waals surface area contributed by atoms with Crippen molar-refractivity contribution in [1.82, 2.24) is 5.32 Å². The van der Waals surface area contributed by atoms with E-state index in [2.05, 4.69) is 11.4 Å². The highest BCUT2D eigenvalue weighted by atomic mass is 16.6. The van der Waals surface area contributed by atoms with Crippen LogP contribution < -0.4 is 5.32 Å². The molecule has 0 saturated heterocycles. The molecule has 0 radical (unpaired) electrons. The average molecular weight is 465 g/mol. The molecule has 7 nitrogen and oxygen atoms in total. The number of amides is 1. The van der Waals surface area contributed by atoms with Crippen molar-refractivity contribution in [2.45, 2.75) is 58.0 Å². The van der Waals surface area contributed by atoms with Crippen molar-refractivity contribution >= 4 is 17.8 Å². The van der Waals surface area contributed by atoms with Crippen molar-refractivity contribution in [3.63, 3.8) is 0 Å². The first-order valence-electron chi connectivity index (χ1n) is 11.5. The van der Waals surface area contributed by atoms with Crippen LogP contribution in [0.4, 0.5) is 4.79 Å². The number of nitrogens with one attached hydrogen (secondary N) is 1. The monoisotopic (exact) mass is 464 g/mol. The Hall–Kier alpha value is -3.66. The van der Waals surface area contributed by atoms with Crippen LogP contribution in [0.2, 0.25) is 0 Å². The number of benzene rings is 2. The number of carboxylic acids is 1. The van der Waals surface area contributed by atoms with E-state index in [-0.39, 0.29) is 11.2 Å². The fraction of sp³-hybridized carbons (Fsp3) is 0.407. The molecule has 2 aromatic rings. The molecule has 1 aliphatic carbocycles. The van der Waals surface area contributed by atoms with Crippen molar-refractivity contribution in [3.05, 3.63) is 71.8 Å². The zero-order valence-corrected chi connectivity index (χ0v) is 19.5. The zero-order valence-electron chi connectivity index (χ0n) is 19.5. The van der Waals surface area contributed by atoms with Gasteiger partial charge in [0, 0.05) is 31.0 Å². The smallest absolute Gasteiger partial charge is 0.408 e. The second-order valence-electron chi connectivity index (χ2n) is 8.52. The molecule has 0 aromatic heterocycles. The van der Waals surface area contributed by atoms with Crippen molar-refractivity contribution < 1.29 is 24.2 Å². The molecule has 1 unspecified atom stereocenters. The van der Waals surface area contributed by atoms with Crippen LogP contribution in [0.15, 0.2) is 60.7 Å². The maximum absolute atomic E-state index is 13.1. The zero-order chi connectivity index (χ0) is 24.8. The number of hydrogen-bond donors (Lipinski definition) is 2. The van der Waals surface area contributed by atoms with Crippen LogP contribution in [0.1, 0.15) is 73.9 Å². The lowest BCUT2D eigenvalue weighted by Crippen LogP contribution is -2.40. The summed E-state index contributed by atoms with van der Waals surface area (Å²) in [5, 5.41) is 19.3. The molecule has 1 aliphatic rings.